The number of fused-ring (bicyclic) bond motifs is 1. The fourth-order valence-corrected chi connectivity index (χ4v) is 4.11. The van der Waals surface area contributed by atoms with Gasteiger partial charge < -0.3 is 14.2 Å². The fraction of sp³-hybridized carbons (Fsp3) is 0.321. The van der Waals surface area contributed by atoms with Crippen molar-refractivity contribution in [2.24, 2.45) is 0 Å². The van der Waals surface area contributed by atoms with Gasteiger partial charge in [0.25, 0.3) is 0 Å². The van der Waals surface area contributed by atoms with Crippen LogP contribution in [0.3, 0.4) is 0 Å². The Morgan fingerprint density at radius 1 is 1.06 bits per heavy atom. The van der Waals surface area contributed by atoms with Gasteiger partial charge in [0.15, 0.2) is 23.1 Å². The zero-order valence-corrected chi connectivity index (χ0v) is 20.2. The van der Waals surface area contributed by atoms with E-state index in [1.54, 1.807) is 37.3 Å². The van der Waals surface area contributed by atoms with Gasteiger partial charge in [0.05, 0.1) is 13.7 Å². The molecule has 3 aromatic rings. The van der Waals surface area contributed by atoms with Gasteiger partial charge in [-0.2, -0.15) is 0 Å². The second kappa shape index (κ2) is 11.3. The van der Waals surface area contributed by atoms with Crippen molar-refractivity contribution < 1.29 is 32.6 Å². The molecule has 0 N–H and O–H groups in total. The normalized spacial score (nSPS) is 12.4. The Kier molecular flexibility index (Phi) is 7.93. The highest BCUT2D eigenvalue weighted by Gasteiger charge is 2.22. The molecule has 1 aliphatic rings. The van der Waals surface area contributed by atoms with E-state index in [-0.39, 0.29) is 42.5 Å². The Bertz CT molecular complexity index is 1290. The summed E-state index contributed by atoms with van der Waals surface area (Å²) in [6, 6.07) is 11.0. The monoisotopic (exact) mass is 495 g/mol. The predicted octanol–water partition coefficient (Wildman–Crippen LogP) is 5.72. The van der Waals surface area contributed by atoms with E-state index in [1.807, 2.05) is 0 Å². The first-order valence-electron chi connectivity index (χ1n) is 11.8. The summed E-state index contributed by atoms with van der Waals surface area (Å²) in [5.74, 6) is 0.434. The smallest absolute Gasteiger partial charge is 0.181 e. The summed E-state index contributed by atoms with van der Waals surface area (Å²) in [5.41, 5.74) is 3.12. The third-order valence-electron chi connectivity index (χ3n) is 6.00. The molecule has 0 amide bonds. The zero-order chi connectivity index (χ0) is 25.7. The van der Waals surface area contributed by atoms with E-state index in [9.17, 15) is 18.4 Å². The Morgan fingerprint density at radius 2 is 1.86 bits per heavy atom. The molecule has 0 fully saturated rings. The van der Waals surface area contributed by atoms with Crippen LogP contribution >= 0.6 is 0 Å². The Labute approximate surface area is 208 Å². The number of methoxy groups -OCH3 is 1. The quantitative estimate of drug-likeness (QED) is 0.335. The van der Waals surface area contributed by atoms with Gasteiger partial charge in [-0.25, -0.2) is 13.8 Å². The summed E-state index contributed by atoms with van der Waals surface area (Å²) < 4.78 is 42.6. The number of aryl methyl sites for hydroxylation is 2. The minimum atomic E-state index is -0.642. The molecule has 0 bridgehead atoms. The second-order valence-electron chi connectivity index (χ2n) is 8.51. The van der Waals surface area contributed by atoms with E-state index < -0.39 is 6.67 Å². The molecular weight excluding hydrogens is 468 g/mol. The number of rotatable bonds is 10. The number of aromatic nitrogens is 1. The number of hydrogen-bond donors (Lipinski definition) is 0. The molecule has 1 aliphatic heterocycles. The van der Waals surface area contributed by atoms with Crippen LogP contribution in [0.5, 0.6) is 17.2 Å². The number of alkyl halides is 1. The lowest BCUT2D eigenvalue weighted by Crippen LogP contribution is -2.14. The highest BCUT2D eigenvalue weighted by molar-refractivity contribution is 6.02. The molecule has 2 heterocycles. The maximum absolute atomic E-state index is 13.8. The van der Waals surface area contributed by atoms with Crippen LogP contribution < -0.4 is 14.2 Å². The van der Waals surface area contributed by atoms with Crippen LogP contribution in [-0.2, 0) is 6.42 Å². The van der Waals surface area contributed by atoms with Crippen molar-refractivity contribution in [3.05, 3.63) is 70.7 Å². The van der Waals surface area contributed by atoms with E-state index in [4.69, 9.17) is 14.2 Å². The lowest BCUT2D eigenvalue weighted by molar-refractivity contribution is 0.0914. The van der Waals surface area contributed by atoms with Gasteiger partial charge in [0.2, 0.25) is 0 Å². The highest BCUT2D eigenvalue weighted by atomic mass is 19.1. The van der Waals surface area contributed by atoms with Crippen molar-refractivity contribution >= 4 is 11.6 Å². The summed E-state index contributed by atoms with van der Waals surface area (Å²) in [6.45, 7) is 1.46. The number of benzene rings is 2. The molecular formula is C28H27F2NO5. The minimum Gasteiger partial charge on any atom is -0.493 e. The van der Waals surface area contributed by atoms with Crippen molar-refractivity contribution in [2.45, 2.75) is 32.6 Å². The molecule has 0 atom stereocenters. The first-order valence-corrected chi connectivity index (χ1v) is 11.8. The number of ketones is 2. The Morgan fingerprint density at radius 3 is 2.61 bits per heavy atom. The third-order valence-corrected chi connectivity index (χ3v) is 6.00. The lowest BCUT2D eigenvalue weighted by Gasteiger charge is -2.21. The number of halogens is 2. The molecule has 0 radical (unpaired) electrons. The summed E-state index contributed by atoms with van der Waals surface area (Å²) >= 11 is 0. The van der Waals surface area contributed by atoms with Gasteiger partial charge in [-0.15, -0.1) is 0 Å². The molecule has 0 aliphatic carbocycles. The van der Waals surface area contributed by atoms with E-state index in [2.05, 4.69) is 4.98 Å². The number of carbonyl (C=O) groups is 2. The van der Waals surface area contributed by atoms with Crippen LogP contribution in [0.15, 0.2) is 42.5 Å². The van der Waals surface area contributed by atoms with Crippen LogP contribution in [-0.4, -0.2) is 43.5 Å². The van der Waals surface area contributed by atoms with Gasteiger partial charge in [-0.05, 0) is 73.4 Å². The third kappa shape index (κ3) is 5.53. The van der Waals surface area contributed by atoms with Crippen LogP contribution in [0.1, 0.15) is 51.2 Å². The van der Waals surface area contributed by atoms with Crippen LogP contribution in [0.4, 0.5) is 8.78 Å². The molecule has 0 spiro atoms. The van der Waals surface area contributed by atoms with Gasteiger partial charge in [-0.1, -0.05) is 0 Å². The maximum Gasteiger partial charge on any atom is 0.181 e. The topological polar surface area (TPSA) is 74.7 Å². The average Bonchev–Trinajstić information content (AvgIpc) is 2.91. The minimum absolute atomic E-state index is 0.0209. The molecule has 4 rings (SSSR count). The molecule has 1 aromatic heterocycles. The largest absolute Gasteiger partial charge is 0.493 e. The standard InChI is InChI=1S/C28H27F2NO5/c1-17-14-19(5-7-21(17)30)27-28-20(4-3-12-36-28)15-22(31-27)24(33)9-8-23(32)18-6-10-25(35-13-11-29)26(16-18)34-2/h5-7,10,14-16H,3-4,8-9,11-13H2,1-2H3. The summed E-state index contributed by atoms with van der Waals surface area (Å²) in [6.07, 6.45) is 1.50. The highest BCUT2D eigenvalue weighted by Crippen LogP contribution is 2.36. The number of pyridine rings is 1. The summed E-state index contributed by atoms with van der Waals surface area (Å²) in [7, 11) is 1.43. The Hall–Kier alpha value is -3.81. The van der Waals surface area contributed by atoms with Gasteiger partial charge >= 0.3 is 0 Å². The predicted molar refractivity (Wildman–Crippen MR) is 131 cm³/mol. The van der Waals surface area contributed by atoms with E-state index in [0.717, 1.165) is 18.4 Å². The molecule has 2 aromatic carbocycles. The number of hydrogen-bond acceptors (Lipinski definition) is 6. The Balaban J connectivity index is 1.53. The SMILES string of the molecule is COc1cc(C(=O)CCC(=O)c2cc3c(c(-c4ccc(F)c(C)c4)n2)OCCC3)ccc1OCCF. The van der Waals surface area contributed by atoms with Gasteiger partial charge in [0, 0.05) is 24.0 Å². The van der Waals surface area contributed by atoms with E-state index >= 15 is 0 Å². The molecule has 36 heavy (non-hydrogen) atoms. The first kappa shape index (κ1) is 25.3. The summed E-state index contributed by atoms with van der Waals surface area (Å²) in [4.78, 5) is 30.4. The van der Waals surface area contributed by atoms with E-state index in [0.29, 0.717) is 46.2 Å². The maximum atomic E-state index is 13.8. The van der Waals surface area contributed by atoms with Gasteiger partial charge in [-0.3, -0.25) is 9.59 Å². The van der Waals surface area contributed by atoms with Crippen molar-refractivity contribution in [3.8, 4) is 28.5 Å². The lowest BCUT2D eigenvalue weighted by atomic mass is 9.98. The summed E-state index contributed by atoms with van der Waals surface area (Å²) in [5, 5.41) is 0. The van der Waals surface area contributed by atoms with Crippen LogP contribution in [0.25, 0.3) is 11.3 Å². The number of carbonyl (C=O) groups excluding carboxylic acids is 2. The van der Waals surface area contributed by atoms with E-state index in [1.165, 1.54) is 19.2 Å². The van der Waals surface area contributed by atoms with Crippen molar-refractivity contribution in [1.82, 2.24) is 4.98 Å². The molecule has 6 nitrogen and oxygen atoms in total. The molecule has 8 heteroatoms. The molecule has 0 unspecified atom stereocenters. The van der Waals surface area contributed by atoms with Crippen molar-refractivity contribution in [3.63, 3.8) is 0 Å². The number of ether oxygens (including phenoxy) is 3. The van der Waals surface area contributed by atoms with Crippen molar-refractivity contribution in [1.29, 1.82) is 0 Å². The van der Waals surface area contributed by atoms with Crippen LogP contribution in [0, 0.1) is 12.7 Å². The molecule has 188 valence electrons. The second-order valence-corrected chi connectivity index (χ2v) is 8.51. The van der Waals surface area contributed by atoms with Crippen LogP contribution in [0.2, 0.25) is 0 Å². The molecule has 0 saturated heterocycles. The average molecular weight is 496 g/mol. The van der Waals surface area contributed by atoms with Crippen molar-refractivity contribution in [2.75, 3.05) is 27.0 Å². The number of nitrogens with zero attached hydrogens (tertiary/aromatic N) is 1. The van der Waals surface area contributed by atoms with Gasteiger partial charge in [0.1, 0.15) is 36.2 Å². The molecule has 0 saturated carbocycles. The number of Topliss-reactive ketones (excluding diaryl/α,β-unsaturated/α-hetero) is 2. The first-order chi connectivity index (χ1) is 17.4. The fourth-order valence-electron chi connectivity index (χ4n) is 4.11. The zero-order valence-electron chi connectivity index (χ0n) is 20.2.